The van der Waals surface area contributed by atoms with Crippen LogP contribution in [-0.2, 0) is 11.3 Å². The van der Waals surface area contributed by atoms with E-state index in [-0.39, 0.29) is 5.69 Å². The van der Waals surface area contributed by atoms with Crippen LogP contribution in [0.5, 0.6) is 0 Å². The third kappa shape index (κ3) is 3.69. The molecule has 1 heterocycles. The van der Waals surface area contributed by atoms with E-state index in [1.165, 1.54) is 17.7 Å². The number of amidine groups is 1. The fraction of sp³-hybridized carbons (Fsp3) is 0.350. The number of nitrogens with zero attached hydrogens (tertiary/aromatic N) is 3. The molecule has 136 valence electrons. The maximum absolute atomic E-state index is 10.9. The molecule has 1 unspecified atom stereocenters. The molecule has 0 saturated carbocycles. The number of non-ortho nitro benzene ring substituents is 1. The Labute approximate surface area is 153 Å². The summed E-state index contributed by atoms with van der Waals surface area (Å²) in [5, 5.41) is 15.2. The van der Waals surface area contributed by atoms with Crippen LogP contribution in [0.2, 0.25) is 0 Å². The van der Waals surface area contributed by atoms with Gasteiger partial charge in [-0.3, -0.25) is 10.1 Å². The Hall–Kier alpha value is -2.89. The minimum atomic E-state index is -0.595. The van der Waals surface area contributed by atoms with Gasteiger partial charge in [0.05, 0.1) is 4.92 Å². The summed E-state index contributed by atoms with van der Waals surface area (Å²) in [6, 6.07) is 16.6. The Bertz CT molecular complexity index is 803. The lowest BCUT2D eigenvalue weighted by atomic mass is 10.00. The first-order valence-corrected chi connectivity index (χ1v) is 8.71. The van der Waals surface area contributed by atoms with Crippen LogP contribution in [0.1, 0.15) is 31.9 Å². The van der Waals surface area contributed by atoms with Gasteiger partial charge in [0, 0.05) is 30.7 Å². The van der Waals surface area contributed by atoms with Gasteiger partial charge in [-0.15, -0.1) is 0 Å². The second kappa shape index (κ2) is 7.15. The van der Waals surface area contributed by atoms with Crippen molar-refractivity contribution < 1.29 is 9.76 Å². The summed E-state index contributed by atoms with van der Waals surface area (Å²) in [5.74, 6) is 1.13. The quantitative estimate of drug-likeness (QED) is 0.576. The molecule has 3 rings (SSSR count). The summed E-state index contributed by atoms with van der Waals surface area (Å²) in [5.41, 5.74) is 1.45. The highest BCUT2D eigenvalue weighted by Gasteiger charge is 2.42. The van der Waals surface area contributed by atoms with Gasteiger partial charge in [-0.25, -0.2) is 0 Å². The predicted molar refractivity (Wildman–Crippen MR) is 101 cm³/mol. The molecule has 0 fully saturated rings. The van der Waals surface area contributed by atoms with Crippen molar-refractivity contribution in [2.24, 2.45) is 11.1 Å². The summed E-state index contributed by atoms with van der Waals surface area (Å²) < 4.78 is 0. The molecule has 6 heteroatoms. The highest BCUT2D eigenvalue weighted by atomic mass is 16.7. The van der Waals surface area contributed by atoms with Crippen LogP contribution in [0, 0.1) is 16.0 Å². The van der Waals surface area contributed by atoms with E-state index in [4.69, 9.17) is 4.84 Å². The minimum Gasteiger partial charge on any atom is -0.365 e. The topological polar surface area (TPSA) is 68.0 Å². The van der Waals surface area contributed by atoms with E-state index < -0.39 is 10.6 Å². The van der Waals surface area contributed by atoms with Crippen LogP contribution in [-0.4, -0.2) is 27.9 Å². The number of nitro groups is 1. The fourth-order valence-electron chi connectivity index (χ4n) is 3.15. The number of benzene rings is 2. The molecule has 0 amide bonds. The summed E-state index contributed by atoms with van der Waals surface area (Å²) in [7, 11) is 0. The lowest BCUT2D eigenvalue weighted by Gasteiger charge is -2.35. The zero-order valence-electron chi connectivity index (χ0n) is 15.3. The second-order valence-corrected chi connectivity index (χ2v) is 7.15. The van der Waals surface area contributed by atoms with Crippen molar-refractivity contribution in [2.75, 3.05) is 6.54 Å². The number of rotatable bonds is 6. The van der Waals surface area contributed by atoms with E-state index in [2.05, 4.69) is 36.0 Å². The summed E-state index contributed by atoms with van der Waals surface area (Å²) in [6.45, 7) is 7.10. The molecule has 26 heavy (non-hydrogen) atoms. The lowest BCUT2D eigenvalue weighted by Crippen LogP contribution is -2.49. The van der Waals surface area contributed by atoms with E-state index in [0.717, 1.165) is 12.1 Å². The van der Waals surface area contributed by atoms with Crippen molar-refractivity contribution in [3.63, 3.8) is 0 Å². The molecule has 1 aliphatic heterocycles. The van der Waals surface area contributed by atoms with Crippen LogP contribution in [0.3, 0.4) is 0 Å². The normalized spacial score (nSPS) is 19.4. The monoisotopic (exact) mass is 353 g/mol. The van der Waals surface area contributed by atoms with Crippen LogP contribution in [0.15, 0.2) is 59.8 Å². The maximum Gasteiger partial charge on any atom is 0.269 e. The molecule has 6 nitrogen and oxygen atoms in total. The molecule has 0 bridgehead atoms. The standard InChI is InChI=1S/C20H23N3O3/c1-15(2)14-22-19(17-9-11-18(12-10-17)23(24)25)21-26-20(22,3)13-16-7-5-4-6-8-16/h4-12,15H,13-14H2,1-3H3. The first-order valence-electron chi connectivity index (χ1n) is 8.71. The highest BCUT2D eigenvalue weighted by Crippen LogP contribution is 2.32. The SMILES string of the molecule is CC(C)CN1C(c2ccc([N+](=O)[O-])cc2)=NOC1(C)Cc1ccccc1. The third-order valence-electron chi connectivity index (χ3n) is 4.41. The van der Waals surface area contributed by atoms with E-state index in [1.54, 1.807) is 12.1 Å². The van der Waals surface area contributed by atoms with Crippen LogP contribution >= 0.6 is 0 Å². The molecule has 1 aliphatic rings. The first-order chi connectivity index (χ1) is 12.4. The van der Waals surface area contributed by atoms with Crippen molar-refractivity contribution in [1.82, 2.24) is 4.90 Å². The Balaban J connectivity index is 1.89. The number of hydrogen-bond donors (Lipinski definition) is 0. The largest absolute Gasteiger partial charge is 0.365 e. The van der Waals surface area contributed by atoms with Gasteiger partial charge in [0.2, 0.25) is 5.72 Å². The van der Waals surface area contributed by atoms with Gasteiger partial charge in [0.15, 0.2) is 5.84 Å². The van der Waals surface area contributed by atoms with Crippen molar-refractivity contribution in [2.45, 2.75) is 32.9 Å². The van der Waals surface area contributed by atoms with E-state index in [9.17, 15) is 10.1 Å². The van der Waals surface area contributed by atoms with Gasteiger partial charge in [-0.1, -0.05) is 49.3 Å². The van der Waals surface area contributed by atoms with Crippen LogP contribution in [0.25, 0.3) is 0 Å². The molecule has 0 radical (unpaired) electrons. The molecular formula is C20H23N3O3. The molecule has 0 spiro atoms. The fourth-order valence-corrected chi connectivity index (χ4v) is 3.15. The Morgan fingerprint density at radius 1 is 1.15 bits per heavy atom. The molecule has 0 N–H and O–H groups in total. The predicted octanol–water partition coefficient (Wildman–Crippen LogP) is 4.20. The van der Waals surface area contributed by atoms with Gasteiger partial charge in [-0.2, -0.15) is 0 Å². The zero-order valence-corrected chi connectivity index (χ0v) is 15.3. The smallest absolute Gasteiger partial charge is 0.269 e. The Kier molecular flexibility index (Phi) is 4.93. The van der Waals surface area contributed by atoms with Crippen molar-refractivity contribution >= 4 is 11.5 Å². The molecule has 1 atom stereocenters. The highest BCUT2D eigenvalue weighted by molar-refractivity contribution is 5.99. The van der Waals surface area contributed by atoms with Gasteiger partial charge >= 0.3 is 0 Å². The third-order valence-corrected chi connectivity index (χ3v) is 4.41. The number of oxime groups is 1. The van der Waals surface area contributed by atoms with Crippen molar-refractivity contribution in [3.8, 4) is 0 Å². The van der Waals surface area contributed by atoms with Crippen LogP contribution in [0.4, 0.5) is 5.69 Å². The lowest BCUT2D eigenvalue weighted by molar-refractivity contribution is -0.384. The van der Waals surface area contributed by atoms with E-state index in [0.29, 0.717) is 18.2 Å². The molecular weight excluding hydrogens is 330 g/mol. The molecule has 0 aliphatic carbocycles. The van der Waals surface area contributed by atoms with Gasteiger partial charge in [0.25, 0.3) is 5.69 Å². The Morgan fingerprint density at radius 2 is 1.81 bits per heavy atom. The first kappa shape index (κ1) is 17.9. The minimum absolute atomic E-state index is 0.0655. The zero-order chi connectivity index (χ0) is 18.7. The van der Waals surface area contributed by atoms with Crippen LogP contribution < -0.4 is 0 Å². The summed E-state index contributed by atoms with van der Waals surface area (Å²) in [4.78, 5) is 18.5. The Morgan fingerprint density at radius 3 is 2.38 bits per heavy atom. The van der Waals surface area contributed by atoms with Gasteiger partial charge in [0.1, 0.15) is 0 Å². The van der Waals surface area contributed by atoms with Gasteiger partial charge in [-0.05, 0) is 30.5 Å². The summed E-state index contributed by atoms with van der Waals surface area (Å²) >= 11 is 0. The van der Waals surface area contributed by atoms with Gasteiger partial charge < -0.3 is 9.74 Å². The molecule has 0 saturated heterocycles. The van der Waals surface area contributed by atoms with Crippen molar-refractivity contribution in [1.29, 1.82) is 0 Å². The number of hydrogen-bond acceptors (Lipinski definition) is 5. The molecule has 0 aromatic heterocycles. The van der Waals surface area contributed by atoms with E-state index in [1.807, 2.05) is 25.1 Å². The molecule has 2 aromatic carbocycles. The molecule has 2 aromatic rings. The summed E-state index contributed by atoms with van der Waals surface area (Å²) in [6.07, 6.45) is 0.695. The van der Waals surface area contributed by atoms with Crippen molar-refractivity contribution in [3.05, 3.63) is 75.8 Å². The average Bonchev–Trinajstić information content (AvgIpc) is 2.92. The maximum atomic E-state index is 10.9. The second-order valence-electron chi connectivity index (χ2n) is 7.15. The number of nitro benzene ring substituents is 1. The van der Waals surface area contributed by atoms with E-state index >= 15 is 0 Å². The average molecular weight is 353 g/mol.